The molecule has 0 aliphatic carbocycles. The molecule has 0 unspecified atom stereocenters. The number of rotatable bonds is 7. The molecule has 1 aliphatic rings. The minimum atomic E-state index is -0.860. The highest BCUT2D eigenvalue weighted by atomic mass is 32.2. The van der Waals surface area contributed by atoms with Gasteiger partial charge in [0.2, 0.25) is 5.91 Å². The van der Waals surface area contributed by atoms with E-state index in [1.54, 1.807) is 16.7 Å². The van der Waals surface area contributed by atoms with Gasteiger partial charge in [-0.15, -0.1) is 0 Å². The predicted molar refractivity (Wildman–Crippen MR) is 73.8 cm³/mol. The Morgan fingerprint density at radius 2 is 2.11 bits per heavy atom. The van der Waals surface area contributed by atoms with Crippen LogP contribution in [0.1, 0.15) is 45.4 Å². The largest absolute Gasteiger partial charge is 0.480 e. The van der Waals surface area contributed by atoms with Gasteiger partial charge in [-0.05, 0) is 31.4 Å². The van der Waals surface area contributed by atoms with Gasteiger partial charge >= 0.3 is 5.97 Å². The number of piperidine rings is 1. The molecule has 1 atom stereocenters. The number of carboxylic acid groups (broad SMARTS) is 1. The topological polar surface area (TPSA) is 57.6 Å². The lowest BCUT2D eigenvalue weighted by Crippen LogP contribution is -2.48. The Labute approximate surface area is 113 Å². The highest BCUT2D eigenvalue weighted by Gasteiger charge is 2.31. The van der Waals surface area contributed by atoms with Crippen molar-refractivity contribution in [3.8, 4) is 0 Å². The minimum absolute atomic E-state index is 0.00565. The number of carbonyl (C=O) groups is 2. The molecule has 0 radical (unpaired) electrons. The van der Waals surface area contributed by atoms with Crippen LogP contribution in [0, 0.1) is 0 Å². The number of carbonyl (C=O) groups excluding carboxylic acids is 1. The molecule has 0 saturated carbocycles. The standard InChI is InChI=1S/C13H23NO3S/c1-2-3-9-18-10-7-12(15)14-8-5-4-6-11(14)13(16)17/h11H,2-10H2,1H3,(H,16,17)/t11-/m1/s1. The van der Waals surface area contributed by atoms with E-state index in [-0.39, 0.29) is 5.91 Å². The number of aliphatic carboxylic acids is 1. The lowest BCUT2D eigenvalue weighted by molar-refractivity contribution is -0.151. The van der Waals surface area contributed by atoms with Gasteiger partial charge in [0.1, 0.15) is 6.04 Å². The summed E-state index contributed by atoms with van der Waals surface area (Å²) < 4.78 is 0. The van der Waals surface area contributed by atoms with Gasteiger partial charge in [-0.1, -0.05) is 13.3 Å². The molecule has 4 nitrogen and oxygen atoms in total. The molecule has 1 saturated heterocycles. The van der Waals surface area contributed by atoms with E-state index < -0.39 is 12.0 Å². The number of carboxylic acids is 1. The zero-order chi connectivity index (χ0) is 13.4. The van der Waals surface area contributed by atoms with Crippen LogP contribution in [0.15, 0.2) is 0 Å². The zero-order valence-electron chi connectivity index (χ0n) is 11.1. The number of likely N-dealkylation sites (tertiary alicyclic amines) is 1. The molecule has 1 N–H and O–H groups in total. The van der Waals surface area contributed by atoms with Crippen LogP contribution in [-0.2, 0) is 9.59 Å². The van der Waals surface area contributed by atoms with Gasteiger partial charge in [-0.25, -0.2) is 4.79 Å². The van der Waals surface area contributed by atoms with E-state index >= 15 is 0 Å². The second kappa shape index (κ2) is 8.40. The normalized spacial score (nSPS) is 19.8. The van der Waals surface area contributed by atoms with Crippen LogP contribution in [0.4, 0.5) is 0 Å². The molecular weight excluding hydrogens is 250 g/mol. The average molecular weight is 273 g/mol. The molecule has 1 heterocycles. The van der Waals surface area contributed by atoms with Gasteiger partial charge < -0.3 is 10.0 Å². The molecular formula is C13H23NO3S. The van der Waals surface area contributed by atoms with Gasteiger partial charge in [0.05, 0.1) is 0 Å². The van der Waals surface area contributed by atoms with E-state index in [1.165, 1.54) is 12.8 Å². The fraction of sp³-hybridized carbons (Fsp3) is 0.846. The van der Waals surface area contributed by atoms with Gasteiger partial charge in [0.15, 0.2) is 0 Å². The van der Waals surface area contributed by atoms with Gasteiger partial charge in [-0.2, -0.15) is 11.8 Å². The van der Waals surface area contributed by atoms with Crippen molar-refractivity contribution < 1.29 is 14.7 Å². The van der Waals surface area contributed by atoms with E-state index in [9.17, 15) is 9.59 Å². The zero-order valence-corrected chi connectivity index (χ0v) is 11.9. The van der Waals surface area contributed by atoms with Gasteiger partial charge in [-0.3, -0.25) is 4.79 Å². The summed E-state index contributed by atoms with van der Waals surface area (Å²) in [6.45, 7) is 2.76. The van der Waals surface area contributed by atoms with Crippen LogP contribution in [0.25, 0.3) is 0 Å². The maximum Gasteiger partial charge on any atom is 0.326 e. The Morgan fingerprint density at radius 1 is 1.33 bits per heavy atom. The Hall–Kier alpha value is -0.710. The fourth-order valence-electron chi connectivity index (χ4n) is 2.14. The minimum Gasteiger partial charge on any atom is -0.480 e. The second-order valence-corrected chi connectivity index (χ2v) is 5.88. The number of hydrogen-bond donors (Lipinski definition) is 1. The highest BCUT2D eigenvalue weighted by molar-refractivity contribution is 7.99. The summed E-state index contributed by atoms with van der Waals surface area (Å²) >= 11 is 1.78. The van der Waals surface area contributed by atoms with Crippen molar-refractivity contribution in [1.82, 2.24) is 4.90 Å². The number of unbranched alkanes of at least 4 members (excludes halogenated alkanes) is 1. The van der Waals surface area contributed by atoms with Crippen LogP contribution in [0.5, 0.6) is 0 Å². The average Bonchev–Trinajstić information content (AvgIpc) is 2.38. The number of hydrogen-bond acceptors (Lipinski definition) is 3. The van der Waals surface area contributed by atoms with Crippen molar-refractivity contribution in [3.63, 3.8) is 0 Å². The predicted octanol–water partition coefficient (Wildman–Crippen LogP) is 2.38. The second-order valence-electron chi connectivity index (χ2n) is 4.65. The van der Waals surface area contributed by atoms with E-state index in [0.29, 0.717) is 19.4 Å². The lowest BCUT2D eigenvalue weighted by atomic mass is 10.0. The smallest absolute Gasteiger partial charge is 0.326 e. The number of amides is 1. The van der Waals surface area contributed by atoms with Crippen molar-refractivity contribution >= 4 is 23.6 Å². The first-order valence-corrected chi connectivity index (χ1v) is 7.92. The first kappa shape index (κ1) is 15.3. The third-order valence-electron chi connectivity index (χ3n) is 3.21. The Balaban J connectivity index is 2.32. The molecule has 0 aromatic rings. The number of thioether (sulfide) groups is 1. The maximum absolute atomic E-state index is 12.0. The summed E-state index contributed by atoms with van der Waals surface area (Å²) in [5, 5.41) is 9.10. The van der Waals surface area contributed by atoms with E-state index in [2.05, 4.69) is 6.92 Å². The van der Waals surface area contributed by atoms with Crippen LogP contribution in [-0.4, -0.2) is 46.0 Å². The SMILES string of the molecule is CCCCSCCC(=O)N1CCCC[C@@H]1C(=O)O. The molecule has 0 aromatic carbocycles. The highest BCUT2D eigenvalue weighted by Crippen LogP contribution is 2.19. The fourth-order valence-corrected chi connectivity index (χ4v) is 3.15. The first-order chi connectivity index (χ1) is 8.66. The van der Waals surface area contributed by atoms with Crippen molar-refractivity contribution in [2.24, 2.45) is 0 Å². The summed E-state index contributed by atoms with van der Waals surface area (Å²) in [7, 11) is 0. The first-order valence-electron chi connectivity index (χ1n) is 6.76. The van der Waals surface area contributed by atoms with Crippen LogP contribution in [0.2, 0.25) is 0 Å². The summed E-state index contributed by atoms with van der Waals surface area (Å²) in [5.41, 5.74) is 0. The molecule has 1 amide bonds. The Morgan fingerprint density at radius 3 is 2.78 bits per heavy atom. The Bertz CT molecular complexity index is 283. The quantitative estimate of drug-likeness (QED) is 0.724. The maximum atomic E-state index is 12.0. The molecule has 1 fully saturated rings. The monoisotopic (exact) mass is 273 g/mol. The third kappa shape index (κ3) is 4.88. The number of nitrogens with zero attached hydrogens (tertiary/aromatic N) is 1. The molecule has 1 rings (SSSR count). The summed E-state index contributed by atoms with van der Waals surface area (Å²) in [5.74, 6) is 1.04. The van der Waals surface area contributed by atoms with Gasteiger partial charge in [0, 0.05) is 18.7 Å². The van der Waals surface area contributed by atoms with Crippen molar-refractivity contribution in [2.75, 3.05) is 18.1 Å². The molecule has 0 spiro atoms. The summed E-state index contributed by atoms with van der Waals surface area (Å²) in [6.07, 6.45) is 5.27. The molecule has 1 aliphatic heterocycles. The summed E-state index contributed by atoms with van der Waals surface area (Å²) in [6, 6.07) is -0.591. The van der Waals surface area contributed by atoms with E-state index in [1.807, 2.05) is 0 Å². The van der Waals surface area contributed by atoms with Crippen molar-refractivity contribution in [1.29, 1.82) is 0 Å². The third-order valence-corrected chi connectivity index (χ3v) is 4.28. The van der Waals surface area contributed by atoms with Crippen LogP contribution < -0.4 is 0 Å². The molecule has 0 bridgehead atoms. The van der Waals surface area contributed by atoms with Crippen LogP contribution in [0.3, 0.4) is 0 Å². The van der Waals surface area contributed by atoms with Gasteiger partial charge in [0.25, 0.3) is 0 Å². The van der Waals surface area contributed by atoms with Crippen molar-refractivity contribution in [2.45, 2.75) is 51.5 Å². The molecule has 5 heteroatoms. The molecule has 18 heavy (non-hydrogen) atoms. The molecule has 104 valence electrons. The Kier molecular flexibility index (Phi) is 7.16. The van der Waals surface area contributed by atoms with Crippen molar-refractivity contribution in [3.05, 3.63) is 0 Å². The van der Waals surface area contributed by atoms with E-state index in [4.69, 9.17) is 5.11 Å². The summed E-state index contributed by atoms with van der Waals surface area (Å²) in [4.78, 5) is 24.6. The van der Waals surface area contributed by atoms with Crippen LogP contribution >= 0.6 is 11.8 Å². The van der Waals surface area contributed by atoms with E-state index in [0.717, 1.165) is 24.3 Å². The molecule has 0 aromatic heterocycles. The lowest BCUT2D eigenvalue weighted by Gasteiger charge is -2.33.